The second-order valence-electron chi connectivity index (χ2n) is 7.22. The minimum atomic E-state index is -0.0776. The molecule has 2 rings (SSSR count). The first-order valence-corrected chi connectivity index (χ1v) is 8.37. The lowest BCUT2D eigenvalue weighted by molar-refractivity contribution is -0.139. The van der Waals surface area contributed by atoms with Crippen LogP contribution >= 0.6 is 0 Å². The Labute approximate surface area is 139 Å². The predicted molar refractivity (Wildman–Crippen MR) is 92.1 cm³/mol. The number of piperidine rings is 1. The lowest BCUT2D eigenvalue weighted by atomic mass is 9.83. The van der Waals surface area contributed by atoms with Crippen LogP contribution in [-0.4, -0.2) is 48.3 Å². The summed E-state index contributed by atoms with van der Waals surface area (Å²) < 4.78 is 0. The molecule has 0 radical (unpaired) electrons. The lowest BCUT2D eigenvalue weighted by Crippen LogP contribution is -2.45. The summed E-state index contributed by atoms with van der Waals surface area (Å²) in [6, 6.07) is 10.3. The molecule has 1 saturated heterocycles. The van der Waals surface area contributed by atoms with Crippen molar-refractivity contribution in [3.63, 3.8) is 0 Å². The topological polar surface area (TPSA) is 40.6 Å². The number of likely N-dealkylation sites (tertiary alicyclic amines) is 1. The molecule has 1 aliphatic rings. The molecule has 0 spiro atoms. The second kappa shape index (κ2) is 7.16. The Balaban J connectivity index is 1.94. The third-order valence-corrected chi connectivity index (χ3v) is 4.85. The van der Waals surface area contributed by atoms with E-state index in [2.05, 4.69) is 26.0 Å². The molecule has 0 aliphatic carbocycles. The van der Waals surface area contributed by atoms with E-state index in [0.717, 1.165) is 12.8 Å². The van der Waals surface area contributed by atoms with Crippen LogP contribution in [0.2, 0.25) is 0 Å². The van der Waals surface area contributed by atoms with Crippen LogP contribution in [0.4, 0.5) is 0 Å². The van der Waals surface area contributed by atoms with Crippen LogP contribution in [0, 0.1) is 5.92 Å². The lowest BCUT2D eigenvalue weighted by Gasteiger charge is -2.36. The summed E-state index contributed by atoms with van der Waals surface area (Å²) in [5.74, 6) is 0.355. The molecule has 2 amide bonds. The van der Waals surface area contributed by atoms with Crippen LogP contribution in [0.25, 0.3) is 0 Å². The quantitative estimate of drug-likeness (QED) is 0.857. The van der Waals surface area contributed by atoms with Crippen molar-refractivity contribution < 1.29 is 9.59 Å². The normalized spacial score (nSPS) is 16.3. The highest BCUT2D eigenvalue weighted by molar-refractivity contribution is 5.79. The number of carbonyl (C=O) groups excluding carboxylic acids is 2. The first-order valence-electron chi connectivity index (χ1n) is 8.37. The molecule has 0 bridgehead atoms. The molecule has 1 aliphatic heterocycles. The fraction of sp³-hybridized carbons (Fsp3) is 0.579. The third-order valence-electron chi connectivity index (χ3n) is 4.85. The van der Waals surface area contributed by atoms with E-state index in [1.54, 1.807) is 6.92 Å². The summed E-state index contributed by atoms with van der Waals surface area (Å²) in [5, 5.41) is 0. The van der Waals surface area contributed by atoms with Crippen LogP contribution < -0.4 is 0 Å². The van der Waals surface area contributed by atoms with Crippen LogP contribution in [0.3, 0.4) is 0 Å². The average molecular weight is 316 g/mol. The molecule has 1 fully saturated rings. The first-order chi connectivity index (χ1) is 10.8. The average Bonchev–Trinajstić information content (AvgIpc) is 2.54. The van der Waals surface area contributed by atoms with Crippen molar-refractivity contribution >= 4 is 11.8 Å². The molecule has 0 aromatic heterocycles. The SMILES string of the molecule is CC(=O)N1CCC(C(=O)N(C)CC(C)(C)c2ccccc2)CC1. The Bertz CT molecular complexity index is 546. The van der Waals surface area contributed by atoms with Crippen molar-refractivity contribution in [1.82, 2.24) is 9.80 Å². The molecular formula is C19H28N2O2. The van der Waals surface area contributed by atoms with E-state index >= 15 is 0 Å². The van der Waals surface area contributed by atoms with Gasteiger partial charge in [0.05, 0.1) is 0 Å². The van der Waals surface area contributed by atoms with E-state index in [9.17, 15) is 9.59 Å². The predicted octanol–water partition coefficient (Wildman–Crippen LogP) is 2.68. The molecule has 0 N–H and O–H groups in total. The van der Waals surface area contributed by atoms with Crippen molar-refractivity contribution in [3.8, 4) is 0 Å². The van der Waals surface area contributed by atoms with Gasteiger partial charge in [-0.15, -0.1) is 0 Å². The second-order valence-corrected chi connectivity index (χ2v) is 7.22. The first kappa shape index (κ1) is 17.5. The fourth-order valence-corrected chi connectivity index (χ4v) is 3.40. The maximum Gasteiger partial charge on any atom is 0.225 e. The Morgan fingerprint density at radius 2 is 1.74 bits per heavy atom. The number of rotatable bonds is 4. The number of nitrogens with zero attached hydrogens (tertiary/aromatic N) is 2. The molecule has 0 unspecified atom stereocenters. The number of carbonyl (C=O) groups is 2. The van der Waals surface area contributed by atoms with E-state index < -0.39 is 0 Å². The molecule has 4 heteroatoms. The summed E-state index contributed by atoms with van der Waals surface area (Å²) in [6.45, 7) is 8.03. The van der Waals surface area contributed by atoms with Gasteiger partial charge >= 0.3 is 0 Å². The van der Waals surface area contributed by atoms with Crippen LogP contribution in [-0.2, 0) is 15.0 Å². The van der Waals surface area contributed by atoms with Gasteiger partial charge in [0.15, 0.2) is 0 Å². The highest BCUT2D eigenvalue weighted by atomic mass is 16.2. The van der Waals surface area contributed by atoms with Crippen molar-refractivity contribution in [1.29, 1.82) is 0 Å². The van der Waals surface area contributed by atoms with Gasteiger partial charge in [-0.1, -0.05) is 44.2 Å². The summed E-state index contributed by atoms with van der Waals surface area (Å²) in [4.78, 5) is 27.8. The minimum Gasteiger partial charge on any atom is -0.345 e. The van der Waals surface area contributed by atoms with Gasteiger partial charge in [-0.2, -0.15) is 0 Å². The standard InChI is InChI=1S/C19H28N2O2/c1-15(22)21-12-10-16(11-13-21)18(23)20(4)14-19(2,3)17-8-6-5-7-9-17/h5-9,16H,10-14H2,1-4H3. The zero-order chi connectivity index (χ0) is 17.0. The van der Waals surface area contributed by atoms with E-state index in [1.807, 2.05) is 35.0 Å². The molecule has 4 nitrogen and oxygen atoms in total. The van der Waals surface area contributed by atoms with Gasteiger partial charge in [-0.05, 0) is 18.4 Å². The van der Waals surface area contributed by atoms with Gasteiger partial charge in [-0.3, -0.25) is 9.59 Å². The summed E-state index contributed by atoms with van der Waals surface area (Å²) in [5.41, 5.74) is 1.16. The van der Waals surface area contributed by atoms with Gasteiger partial charge in [0.1, 0.15) is 0 Å². The fourth-order valence-electron chi connectivity index (χ4n) is 3.40. The monoisotopic (exact) mass is 316 g/mol. The Hall–Kier alpha value is -1.84. The zero-order valence-electron chi connectivity index (χ0n) is 14.7. The van der Waals surface area contributed by atoms with Gasteiger partial charge in [-0.25, -0.2) is 0 Å². The molecule has 1 aromatic rings. The Kier molecular flexibility index (Phi) is 5.45. The van der Waals surface area contributed by atoms with Gasteiger partial charge in [0.2, 0.25) is 11.8 Å². The smallest absolute Gasteiger partial charge is 0.225 e. The van der Waals surface area contributed by atoms with Crippen molar-refractivity contribution in [2.24, 2.45) is 5.92 Å². The van der Waals surface area contributed by atoms with E-state index in [4.69, 9.17) is 0 Å². The number of hydrogen-bond donors (Lipinski definition) is 0. The molecule has 1 heterocycles. The number of likely N-dealkylation sites (N-methyl/N-ethyl adjacent to an activating group) is 1. The van der Waals surface area contributed by atoms with Gasteiger partial charge in [0, 0.05) is 44.9 Å². The summed E-state index contributed by atoms with van der Waals surface area (Å²) in [6.07, 6.45) is 1.54. The highest BCUT2D eigenvalue weighted by Gasteiger charge is 2.31. The maximum atomic E-state index is 12.7. The molecule has 1 aromatic carbocycles. The van der Waals surface area contributed by atoms with Crippen molar-refractivity contribution in [3.05, 3.63) is 35.9 Å². The summed E-state index contributed by atoms with van der Waals surface area (Å²) in [7, 11) is 1.89. The van der Waals surface area contributed by atoms with E-state index in [1.165, 1.54) is 5.56 Å². The van der Waals surface area contributed by atoms with Crippen LogP contribution in [0.5, 0.6) is 0 Å². The third kappa shape index (κ3) is 4.34. The molecule has 0 atom stereocenters. The summed E-state index contributed by atoms with van der Waals surface area (Å²) >= 11 is 0. The van der Waals surface area contributed by atoms with Crippen LogP contribution in [0.15, 0.2) is 30.3 Å². The minimum absolute atomic E-state index is 0.0437. The molecule has 23 heavy (non-hydrogen) atoms. The van der Waals surface area contributed by atoms with Crippen LogP contribution in [0.1, 0.15) is 39.2 Å². The number of hydrogen-bond acceptors (Lipinski definition) is 2. The Morgan fingerprint density at radius 3 is 2.26 bits per heavy atom. The molecule has 126 valence electrons. The van der Waals surface area contributed by atoms with Gasteiger partial charge in [0.25, 0.3) is 0 Å². The highest BCUT2D eigenvalue weighted by Crippen LogP contribution is 2.26. The molecular weight excluding hydrogens is 288 g/mol. The van der Waals surface area contributed by atoms with E-state index in [0.29, 0.717) is 19.6 Å². The maximum absolute atomic E-state index is 12.7. The Morgan fingerprint density at radius 1 is 1.17 bits per heavy atom. The van der Waals surface area contributed by atoms with Crippen molar-refractivity contribution in [2.75, 3.05) is 26.7 Å². The number of amides is 2. The van der Waals surface area contributed by atoms with Crippen molar-refractivity contribution in [2.45, 2.75) is 39.0 Å². The zero-order valence-corrected chi connectivity index (χ0v) is 14.7. The molecule has 0 saturated carbocycles. The number of benzene rings is 1. The largest absolute Gasteiger partial charge is 0.345 e. The van der Waals surface area contributed by atoms with E-state index in [-0.39, 0.29) is 23.1 Å². The van der Waals surface area contributed by atoms with Gasteiger partial charge < -0.3 is 9.80 Å².